The van der Waals surface area contributed by atoms with Crippen LogP contribution in [0.1, 0.15) is 39.5 Å². The van der Waals surface area contributed by atoms with Crippen LogP contribution in [0.25, 0.3) is 0 Å². The van der Waals surface area contributed by atoms with Crippen molar-refractivity contribution in [1.82, 2.24) is 20.2 Å². The van der Waals surface area contributed by atoms with Gasteiger partial charge in [-0.2, -0.15) is 0 Å². The molecule has 1 heterocycles. The fraction of sp³-hybridized carbons (Fsp3) is 0.286. The molecule has 0 saturated carbocycles. The number of ether oxygens (including phenoxy) is 1. The van der Waals surface area contributed by atoms with E-state index in [9.17, 15) is 9.59 Å². The number of ketones is 1. The SMILES string of the molecule is O=C(COC(=O)[C@H](Cc1ccccc1)n1cnnn1)c1ccc2c(c1)CCC2. The Morgan fingerprint density at radius 3 is 2.68 bits per heavy atom. The molecule has 0 saturated heterocycles. The predicted octanol–water partition coefficient (Wildman–Crippen LogP) is 2.37. The van der Waals surface area contributed by atoms with E-state index in [1.54, 1.807) is 0 Å². The number of carbonyl (C=O) groups is 2. The topological polar surface area (TPSA) is 87.0 Å². The third kappa shape index (κ3) is 3.98. The van der Waals surface area contributed by atoms with Crippen molar-refractivity contribution in [3.63, 3.8) is 0 Å². The minimum atomic E-state index is -0.731. The molecular weight excluding hydrogens is 356 g/mol. The first kappa shape index (κ1) is 18.0. The average Bonchev–Trinajstić information content (AvgIpc) is 3.42. The van der Waals surface area contributed by atoms with Crippen LogP contribution in [-0.4, -0.2) is 38.6 Å². The maximum Gasteiger partial charge on any atom is 0.331 e. The Balaban J connectivity index is 1.43. The number of esters is 1. The lowest BCUT2D eigenvalue weighted by Gasteiger charge is -2.15. The minimum absolute atomic E-state index is 0.210. The lowest BCUT2D eigenvalue weighted by molar-refractivity contribution is -0.146. The number of rotatable bonds is 7. The van der Waals surface area contributed by atoms with Gasteiger partial charge >= 0.3 is 5.97 Å². The van der Waals surface area contributed by atoms with Crippen LogP contribution in [0.15, 0.2) is 54.9 Å². The van der Waals surface area contributed by atoms with Gasteiger partial charge in [0.2, 0.25) is 0 Å². The van der Waals surface area contributed by atoms with Crippen molar-refractivity contribution >= 4 is 11.8 Å². The van der Waals surface area contributed by atoms with Crippen LogP contribution in [-0.2, 0) is 28.8 Å². The van der Waals surface area contributed by atoms with Crippen LogP contribution >= 0.6 is 0 Å². The van der Waals surface area contributed by atoms with Crippen LogP contribution in [0, 0.1) is 0 Å². The molecule has 7 nitrogen and oxygen atoms in total. The summed E-state index contributed by atoms with van der Waals surface area (Å²) < 4.78 is 6.69. The Kier molecular flexibility index (Phi) is 5.23. The molecule has 1 aliphatic carbocycles. The van der Waals surface area contributed by atoms with E-state index >= 15 is 0 Å². The smallest absolute Gasteiger partial charge is 0.331 e. The van der Waals surface area contributed by atoms with Crippen molar-refractivity contribution in [3.8, 4) is 0 Å². The summed E-state index contributed by atoms with van der Waals surface area (Å²) in [5.74, 6) is -0.746. The highest BCUT2D eigenvalue weighted by Crippen LogP contribution is 2.23. The van der Waals surface area contributed by atoms with Crippen LogP contribution in [0.2, 0.25) is 0 Å². The van der Waals surface area contributed by atoms with Gasteiger partial charge in [0, 0.05) is 12.0 Å². The molecule has 0 N–H and O–H groups in total. The lowest BCUT2D eigenvalue weighted by atomic mass is 10.0. The Labute approximate surface area is 162 Å². The Bertz CT molecular complexity index is 971. The Morgan fingerprint density at radius 1 is 1.07 bits per heavy atom. The van der Waals surface area contributed by atoms with Crippen molar-refractivity contribution < 1.29 is 14.3 Å². The maximum atomic E-state index is 12.7. The minimum Gasteiger partial charge on any atom is -0.456 e. The van der Waals surface area contributed by atoms with Gasteiger partial charge < -0.3 is 4.74 Å². The molecule has 0 radical (unpaired) electrons. The van der Waals surface area contributed by atoms with E-state index in [-0.39, 0.29) is 12.4 Å². The summed E-state index contributed by atoms with van der Waals surface area (Å²) in [6, 6.07) is 14.5. The molecule has 28 heavy (non-hydrogen) atoms. The highest BCUT2D eigenvalue weighted by molar-refractivity contribution is 5.98. The van der Waals surface area contributed by atoms with Crippen LogP contribution in [0.5, 0.6) is 0 Å². The summed E-state index contributed by atoms with van der Waals surface area (Å²) >= 11 is 0. The van der Waals surface area contributed by atoms with Gasteiger partial charge in [-0.25, -0.2) is 9.48 Å². The fourth-order valence-corrected chi connectivity index (χ4v) is 3.49. The first-order valence-electron chi connectivity index (χ1n) is 9.29. The van der Waals surface area contributed by atoms with E-state index in [4.69, 9.17) is 4.74 Å². The molecule has 1 atom stereocenters. The largest absolute Gasteiger partial charge is 0.456 e. The molecular formula is C21H20N4O3. The van der Waals surface area contributed by atoms with Crippen molar-refractivity contribution in [2.24, 2.45) is 0 Å². The van der Waals surface area contributed by atoms with Gasteiger partial charge in [-0.1, -0.05) is 42.5 Å². The molecule has 2 aromatic carbocycles. The summed E-state index contributed by atoms with van der Waals surface area (Å²) in [7, 11) is 0. The molecule has 0 amide bonds. The standard InChI is InChI=1S/C21H20N4O3/c26-20(18-10-9-16-7-4-8-17(16)12-18)13-28-21(27)19(25-14-22-23-24-25)11-15-5-2-1-3-6-15/h1-3,5-6,9-10,12,14,19H,4,7-8,11,13H2/t19-/m0/s1. The highest BCUT2D eigenvalue weighted by Gasteiger charge is 2.25. The number of carbonyl (C=O) groups excluding carboxylic acids is 2. The van der Waals surface area contributed by atoms with Crippen molar-refractivity contribution in [2.75, 3.05) is 6.61 Å². The molecule has 0 bridgehead atoms. The monoisotopic (exact) mass is 376 g/mol. The fourth-order valence-electron chi connectivity index (χ4n) is 3.49. The lowest BCUT2D eigenvalue weighted by Crippen LogP contribution is -2.26. The molecule has 0 spiro atoms. The van der Waals surface area contributed by atoms with Crippen LogP contribution < -0.4 is 0 Å². The first-order valence-corrected chi connectivity index (χ1v) is 9.29. The van der Waals surface area contributed by atoms with E-state index in [2.05, 4.69) is 15.5 Å². The second kappa shape index (κ2) is 8.12. The molecule has 4 rings (SSSR count). The summed E-state index contributed by atoms with van der Waals surface area (Å²) in [6.45, 7) is -0.301. The third-order valence-corrected chi connectivity index (χ3v) is 4.99. The average molecular weight is 376 g/mol. The van der Waals surface area contributed by atoms with E-state index in [0.717, 1.165) is 24.8 Å². The summed E-state index contributed by atoms with van der Waals surface area (Å²) in [4.78, 5) is 25.2. The van der Waals surface area contributed by atoms with E-state index in [0.29, 0.717) is 12.0 Å². The van der Waals surface area contributed by atoms with Crippen molar-refractivity contribution in [3.05, 3.63) is 77.1 Å². The first-order chi connectivity index (χ1) is 13.7. The number of nitrogens with zero attached hydrogens (tertiary/aromatic N) is 4. The molecule has 1 aliphatic rings. The van der Waals surface area contributed by atoms with Gasteiger partial charge in [-0.15, -0.1) is 5.10 Å². The molecule has 0 fully saturated rings. The van der Waals surface area contributed by atoms with E-state index in [1.807, 2.05) is 48.5 Å². The number of aryl methyl sites for hydroxylation is 2. The van der Waals surface area contributed by atoms with Crippen molar-refractivity contribution in [1.29, 1.82) is 0 Å². The molecule has 142 valence electrons. The Morgan fingerprint density at radius 2 is 1.89 bits per heavy atom. The molecule has 0 unspecified atom stereocenters. The van der Waals surface area contributed by atoms with E-state index in [1.165, 1.54) is 22.1 Å². The van der Waals surface area contributed by atoms with Gasteiger partial charge in [0.05, 0.1) is 0 Å². The number of benzene rings is 2. The molecule has 3 aromatic rings. The number of hydrogen-bond acceptors (Lipinski definition) is 6. The maximum absolute atomic E-state index is 12.7. The molecule has 0 aliphatic heterocycles. The summed E-state index contributed by atoms with van der Waals surface area (Å²) in [5, 5.41) is 11.0. The number of tetrazole rings is 1. The van der Waals surface area contributed by atoms with Gasteiger partial charge in [0.15, 0.2) is 18.4 Å². The number of hydrogen-bond donors (Lipinski definition) is 0. The van der Waals surface area contributed by atoms with Gasteiger partial charge in [0.1, 0.15) is 6.33 Å². The second-order valence-electron chi connectivity index (χ2n) is 6.86. The number of aromatic nitrogens is 4. The molecule has 1 aromatic heterocycles. The zero-order valence-corrected chi connectivity index (χ0v) is 15.3. The Hall–Kier alpha value is -3.35. The van der Waals surface area contributed by atoms with E-state index < -0.39 is 12.0 Å². The van der Waals surface area contributed by atoms with Crippen LogP contribution in [0.4, 0.5) is 0 Å². The highest BCUT2D eigenvalue weighted by atomic mass is 16.5. The normalized spacial score (nSPS) is 13.7. The zero-order valence-electron chi connectivity index (χ0n) is 15.3. The summed E-state index contributed by atoms with van der Waals surface area (Å²) in [6.07, 6.45) is 4.92. The van der Waals surface area contributed by atoms with Gasteiger partial charge in [-0.3, -0.25) is 4.79 Å². The van der Waals surface area contributed by atoms with Crippen molar-refractivity contribution in [2.45, 2.75) is 31.7 Å². The molecule has 7 heteroatoms. The quantitative estimate of drug-likeness (QED) is 0.465. The number of fused-ring (bicyclic) bond motifs is 1. The van der Waals surface area contributed by atoms with Gasteiger partial charge in [-0.05, 0) is 52.4 Å². The zero-order chi connectivity index (χ0) is 19.3. The summed E-state index contributed by atoms with van der Waals surface area (Å²) in [5.41, 5.74) is 4.04. The van der Waals surface area contributed by atoms with Crippen LogP contribution in [0.3, 0.4) is 0 Å². The number of Topliss-reactive ketones (excluding diaryl/α,β-unsaturated/α-hetero) is 1. The van der Waals surface area contributed by atoms with Gasteiger partial charge in [0.25, 0.3) is 0 Å². The predicted molar refractivity (Wildman–Crippen MR) is 101 cm³/mol. The third-order valence-electron chi connectivity index (χ3n) is 4.99. The second-order valence-corrected chi connectivity index (χ2v) is 6.86.